The zero-order valence-electron chi connectivity index (χ0n) is 13.1. The maximum absolute atomic E-state index is 5.95. The second kappa shape index (κ2) is 5.80. The molecule has 0 radical (unpaired) electrons. The molecule has 0 amide bonds. The molecule has 0 aromatic heterocycles. The minimum Gasteiger partial charge on any atom is -0.493 e. The van der Waals surface area contributed by atoms with E-state index in [0.717, 1.165) is 25.2 Å². The number of rotatable bonds is 2. The lowest BCUT2D eigenvalue weighted by Gasteiger charge is -2.21. The second-order valence-electron chi connectivity index (χ2n) is 5.98. The molecule has 0 bridgehead atoms. The predicted octanol–water partition coefficient (Wildman–Crippen LogP) is 4.94. The Bertz CT molecular complexity index is 648. The Balaban J connectivity index is 1.92. The van der Waals surface area contributed by atoms with Crippen molar-refractivity contribution >= 4 is 5.69 Å². The van der Waals surface area contributed by atoms with Gasteiger partial charge in [0.05, 0.1) is 12.6 Å². The third-order valence-electron chi connectivity index (χ3n) is 4.35. The summed E-state index contributed by atoms with van der Waals surface area (Å²) in [6, 6.07) is 13.3. The molecule has 1 atom stereocenters. The Morgan fingerprint density at radius 3 is 2.67 bits per heavy atom. The summed E-state index contributed by atoms with van der Waals surface area (Å²) < 4.78 is 5.95. The van der Waals surface area contributed by atoms with E-state index in [0.29, 0.717) is 6.04 Å². The van der Waals surface area contributed by atoms with Gasteiger partial charge in [0.2, 0.25) is 0 Å². The minimum atomic E-state index is 0.324. The first-order valence-corrected chi connectivity index (χ1v) is 7.71. The summed E-state index contributed by atoms with van der Waals surface area (Å²) in [6.07, 6.45) is 2.18. The molecule has 2 aromatic rings. The monoisotopic (exact) mass is 281 g/mol. The van der Waals surface area contributed by atoms with Crippen molar-refractivity contribution in [2.75, 3.05) is 11.9 Å². The normalized spacial score (nSPS) is 17.6. The second-order valence-corrected chi connectivity index (χ2v) is 5.98. The molecule has 0 aliphatic carbocycles. The van der Waals surface area contributed by atoms with Gasteiger partial charge in [-0.1, -0.05) is 24.3 Å². The molecular weight excluding hydrogens is 258 g/mol. The first-order valence-electron chi connectivity index (χ1n) is 7.71. The standard InChI is InChI=1S/C19H23NO/c1-13-9-10-16(12-15(13)3)20-18-8-5-11-21-19-14(2)6-4-7-17(18)19/h4,6-7,9-10,12,18,20H,5,8,11H2,1-3H3. The van der Waals surface area contributed by atoms with Crippen LogP contribution in [-0.4, -0.2) is 6.61 Å². The lowest BCUT2D eigenvalue weighted by atomic mass is 9.99. The zero-order valence-corrected chi connectivity index (χ0v) is 13.1. The van der Waals surface area contributed by atoms with E-state index in [4.69, 9.17) is 4.74 Å². The quantitative estimate of drug-likeness (QED) is 0.842. The Labute approximate surface area is 127 Å². The van der Waals surface area contributed by atoms with Crippen LogP contribution in [0, 0.1) is 20.8 Å². The van der Waals surface area contributed by atoms with Gasteiger partial charge in [-0.3, -0.25) is 0 Å². The smallest absolute Gasteiger partial charge is 0.127 e. The molecule has 2 aromatic carbocycles. The van der Waals surface area contributed by atoms with Crippen molar-refractivity contribution < 1.29 is 4.74 Å². The molecule has 2 heteroatoms. The Morgan fingerprint density at radius 2 is 1.86 bits per heavy atom. The highest BCUT2D eigenvalue weighted by atomic mass is 16.5. The number of aryl methyl sites for hydroxylation is 3. The van der Waals surface area contributed by atoms with Crippen molar-refractivity contribution in [3.05, 3.63) is 58.7 Å². The highest BCUT2D eigenvalue weighted by Gasteiger charge is 2.20. The summed E-state index contributed by atoms with van der Waals surface area (Å²) in [7, 11) is 0. The van der Waals surface area contributed by atoms with Crippen LogP contribution in [0.2, 0.25) is 0 Å². The molecule has 0 fully saturated rings. The number of hydrogen-bond acceptors (Lipinski definition) is 2. The van der Waals surface area contributed by atoms with Crippen molar-refractivity contribution in [2.24, 2.45) is 0 Å². The lowest BCUT2D eigenvalue weighted by Crippen LogP contribution is -2.10. The number of hydrogen-bond donors (Lipinski definition) is 1. The molecule has 2 nitrogen and oxygen atoms in total. The van der Waals surface area contributed by atoms with Gasteiger partial charge in [-0.05, 0) is 62.4 Å². The van der Waals surface area contributed by atoms with Crippen LogP contribution in [0.15, 0.2) is 36.4 Å². The number of fused-ring (bicyclic) bond motifs is 1. The Kier molecular flexibility index (Phi) is 3.87. The molecule has 0 spiro atoms. The Hall–Kier alpha value is -1.96. The molecular formula is C19H23NO. The van der Waals surface area contributed by atoms with E-state index in [1.807, 2.05) is 0 Å². The van der Waals surface area contributed by atoms with E-state index in [2.05, 4.69) is 62.5 Å². The average molecular weight is 281 g/mol. The van der Waals surface area contributed by atoms with E-state index >= 15 is 0 Å². The summed E-state index contributed by atoms with van der Waals surface area (Å²) in [5, 5.41) is 3.69. The van der Waals surface area contributed by atoms with Crippen LogP contribution in [-0.2, 0) is 0 Å². The first kappa shape index (κ1) is 14.0. The van der Waals surface area contributed by atoms with Crippen LogP contribution in [0.1, 0.15) is 41.1 Å². The number of nitrogens with one attached hydrogen (secondary N) is 1. The van der Waals surface area contributed by atoms with Gasteiger partial charge in [0.1, 0.15) is 5.75 Å². The molecule has 0 saturated heterocycles. The molecule has 21 heavy (non-hydrogen) atoms. The highest BCUT2D eigenvalue weighted by Crippen LogP contribution is 2.36. The Morgan fingerprint density at radius 1 is 1.00 bits per heavy atom. The number of benzene rings is 2. The average Bonchev–Trinajstić information content (AvgIpc) is 2.67. The van der Waals surface area contributed by atoms with Crippen LogP contribution in [0.4, 0.5) is 5.69 Å². The molecule has 110 valence electrons. The van der Waals surface area contributed by atoms with Gasteiger partial charge >= 0.3 is 0 Å². The van der Waals surface area contributed by atoms with Crippen LogP contribution < -0.4 is 10.1 Å². The fourth-order valence-corrected chi connectivity index (χ4v) is 2.95. The van der Waals surface area contributed by atoms with Crippen molar-refractivity contribution in [1.82, 2.24) is 0 Å². The van der Waals surface area contributed by atoms with Gasteiger partial charge in [0.15, 0.2) is 0 Å². The molecule has 1 N–H and O–H groups in total. The number of para-hydroxylation sites is 1. The van der Waals surface area contributed by atoms with Gasteiger partial charge in [-0.25, -0.2) is 0 Å². The van der Waals surface area contributed by atoms with Crippen molar-refractivity contribution in [3.8, 4) is 5.75 Å². The topological polar surface area (TPSA) is 21.3 Å². The maximum atomic E-state index is 5.95. The third kappa shape index (κ3) is 2.90. The van der Waals surface area contributed by atoms with E-state index in [1.165, 1.54) is 27.9 Å². The van der Waals surface area contributed by atoms with E-state index < -0.39 is 0 Å². The summed E-state index contributed by atoms with van der Waals surface area (Å²) in [5.41, 5.74) is 6.36. The summed E-state index contributed by atoms with van der Waals surface area (Å²) in [6.45, 7) is 7.24. The molecule has 1 unspecified atom stereocenters. The third-order valence-corrected chi connectivity index (χ3v) is 4.35. The summed E-state index contributed by atoms with van der Waals surface area (Å²) in [4.78, 5) is 0. The fraction of sp³-hybridized carbons (Fsp3) is 0.368. The van der Waals surface area contributed by atoms with Crippen molar-refractivity contribution in [3.63, 3.8) is 0 Å². The van der Waals surface area contributed by atoms with Gasteiger partial charge in [-0.15, -0.1) is 0 Å². The van der Waals surface area contributed by atoms with Crippen LogP contribution in [0.5, 0.6) is 5.75 Å². The van der Waals surface area contributed by atoms with Crippen molar-refractivity contribution in [1.29, 1.82) is 0 Å². The van der Waals surface area contributed by atoms with Gasteiger partial charge < -0.3 is 10.1 Å². The number of anilines is 1. The zero-order chi connectivity index (χ0) is 14.8. The first-order chi connectivity index (χ1) is 10.1. The maximum Gasteiger partial charge on any atom is 0.127 e. The van der Waals surface area contributed by atoms with E-state index in [9.17, 15) is 0 Å². The molecule has 1 heterocycles. The fourth-order valence-electron chi connectivity index (χ4n) is 2.95. The molecule has 3 rings (SSSR count). The van der Waals surface area contributed by atoms with Crippen LogP contribution in [0.3, 0.4) is 0 Å². The van der Waals surface area contributed by atoms with Gasteiger partial charge in [-0.2, -0.15) is 0 Å². The highest BCUT2D eigenvalue weighted by molar-refractivity contribution is 5.52. The number of ether oxygens (including phenoxy) is 1. The molecule has 1 aliphatic heterocycles. The van der Waals surface area contributed by atoms with E-state index in [-0.39, 0.29) is 0 Å². The molecule has 1 aliphatic rings. The van der Waals surface area contributed by atoms with E-state index in [1.54, 1.807) is 0 Å². The SMILES string of the molecule is Cc1ccc(NC2CCCOc3c(C)cccc32)cc1C. The predicted molar refractivity (Wildman–Crippen MR) is 88.2 cm³/mol. The van der Waals surface area contributed by atoms with Crippen molar-refractivity contribution in [2.45, 2.75) is 39.7 Å². The van der Waals surface area contributed by atoms with Gasteiger partial charge in [0, 0.05) is 11.3 Å². The minimum absolute atomic E-state index is 0.324. The summed E-state index contributed by atoms with van der Waals surface area (Å²) in [5.74, 6) is 1.07. The largest absolute Gasteiger partial charge is 0.493 e. The van der Waals surface area contributed by atoms with Crippen LogP contribution in [0.25, 0.3) is 0 Å². The van der Waals surface area contributed by atoms with Crippen LogP contribution >= 0.6 is 0 Å². The van der Waals surface area contributed by atoms with Gasteiger partial charge in [0.25, 0.3) is 0 Å². The summed E-state index contributed by atoms with van der Waals surface area (Å²) >= 11 is 0. The molecule has 0 saturated carbocycles. The lowest BCUT2D eigenvalue weighted by molar-refractivity contribution is 0.314.